The van der Waals surface area contributed by atoms with Gasteiger partial charge in [-0.05, 0) is 49.2 Å². The van der Waals surface area contributed by atoms with Crippen LogP contribution in [-0.4, -0.2) is 27.3 Å². The minimum atomic E-state index is 0.880. The first-order chi connectivity index (χ1) is 23.7. The first-order valence-corrected chi connectivity index (χ1v) is 19.8. The van der Waals surface area contributed by atoms with E-state index in [0.717, 1.165) is 35.7 Å². The number of nitrogens with zero attached hydrogens (tertiary/aromatic N) is 2. The third kappa shape index (κ3) is 7.65. The molecule has 0 spiro atoms. The Hall–Kier alpha value is -3.22. The van der Waals surface area contributed by atoms with Crippen LogP contribution in [0, 0.1) is 0 Å². The number of para-hydroxylation sites is 2. The number of methoxy groups -OCH3 is 2. The molecule has 4 aromatic rings. The number of benzene rings is 4. The first kappa shape index (κ1) is 34.6. The second kappa shape index (κ2) is 16.9. The largest absolute Gasteiger partial charge is 0.496 e. The van der Waals surface area contributed by atoms with Crippen molar-refractivity contribution in [3.8, 4) is 22.6 Å². The van der Waals surface area contributed by atoms with Crippen LogP contribution in [0.1, 0.15) is 90.9 Å². The van der Waals surface area contributed by atoms with Crippen molar-refractivity contribution >= 4 is 46.3 Å². The Morgan fingerprint density at radius 1 is 0.458 bits per heavy atom. The van der Waals surface area contributed by atoms with E-state index in [1.165, 1.54) is 119 Å². The summed E-state index contributed by atoms with van der Waals surface area (Å²) < 4.78 is 12.4. The van der Waals surface area contributed by atoms with Crippen LogP contribution in [0.15, 0.2) is 92.4 Å². The Morgan fingerprint density at radius 2 is 0.854 bits per heavy atom. The number of hydrogen-bond donors (Lipinski definition) is 0. The molecule has 0 fully saturated rings. The molecule has 2 aliphatic heterocycles. The molecule has 2 heterocycles. The number of fused-ring (bicyclic) bond motifs is 4. The summed E-state index contributed by atoms with van der Waals surface area (Å²) in [4.78, 5) is 10.2. The predicted octanol–water partition coefficient (Wildman–Crippen LogP) is 13.3. The fraction of sp³-hybridized carbons (Fsp3) is 0.429. The van der Waals surface area contributed by atoms with Crippen LogP contribution in [0.5, 0.6) is 11.5 Å². The van der Waals surface area contributed by atoms with E-state index < -0.39 is 0 Å². The lowest BCUT2D eigenvalue weighted by molar-refractivity contribution is 0.410. The van der Waals surface area contributed by atoms with Crippen LogP contribution >= 0.6 is 23.5 Å². The zero-order valence-electron chi connectivity index (χ0n) is 29.4. The number of ether oxygens (including phenoxy) is 2. The standard InChI is InChI=1S/C42H52N2O2S2/c1-5-7-9-11-13-19-25-43-33-21-15-17-23-39(33)47-41-27-31(37(45-3)29-35(41)43)32-28-42-36(30-38(32)46-4)44(26-20-14-12-10-8-6-2)34-22-16-18-24-40(34)48-42/h15-18,21-24,27-30H,5-14,19-20,25-26H2,1-4H3. The van der Waals surface area contributed by atoms with E-state index in [1.807, 2.05) is 23.5 Å². The molecule has 0 atom stereocenters. The molecule has 0 amide bonds. The first-order valence-electron chi connectivity index (χ1n) is 18.2. The molecule has 4 aromatic carbocycles. The van der Waals surface area contributed by atoms with Crippen LogP contribution in [-0.2, 0) is 0 Å². The summed E-state index contributed by atoms with van der Waals surface area (Å²) in [7, 11) is 3.59. The van der Waals surface area contributed by atoms with Gasteiger partial charge in [-0.15, -0.1) is 0 Å². The fourth-order valence-electron chi connectivity index (χ4n) is 7.05. The van der Waals surface area contributed by atoms with Gasteiger partial charge in [0, 0.05) is 55.9 Å². The molecular formula is C42H52N2O2S2. The molecule has 2 aliphatic rings. The van der Waals surface area contributed by atoms with E-state index in [2.05, 4.69) is 96.4 Å². The minimum absolute atomic E-state index is 0.880. The van der Waals surface area contributed by atoms with Gasteiger partial charge in [0.2, 0.25) is 0 Å². The Morgan fingerprint density at radius 3 is 1.27 bits per heavy atom. The fourth-order valence-corrected chi connectivity index (χ4v) is 9.29. The molecule has 254 valence electrons. The zero-order chi connectivity index (χ0) is 33.3. The van der Waals surface area contributed by atoms with Gasteiger partial charge in [0.05, 0.1) is 37.0 Å². The molecule has 4 nitrogen and oxygen atoms in total. The van der Waals surface area contributed by atoms with Gasteiger partial charge in [0.15, 0.2) is 0 Å². The number of hydrogen-bond acceptors (Lipinski definition) is 6. The van der Waals surface area contributed by atoms with Gasteiger partial charge in [0.25, 0.3) is 0 Å². The van der Waals surface area contributed by atoms with E-state index in [9.17, 15) is 0 Å². The second-order valence-corrected chi connectivity index (χ2v) is 15.2. The van der Waals surface area contributed by atoms with Crippen LogP contribution in [0.3, 0.4) is 0 Å². The third-order valence-corrected chi connectivity index (χ3v) is 11.9. The maximum atomic E-state index is 6.18. The van der Waals surface area contributed by atoms with Gasteiger partial charge in [0.1, 0.15) is 11.5 Å². The van der Waals surface area contributed by atoms with E-state index in [-0.39, 0.29) is 0 Å². The third-order valence-electron chi connectivity index (χ3n) is 9.66. The average Bonchev–Trinajstić information content (AvgIpc) is 3.12. The SMILES string of the molecule is CCCCCCCCN1c2ccccc2Sc2cc(-c3cc4c(cc3OC)N(CCCCCCCC)c3ccccc3S4)c(OC)cc21. The summed E-state index contributed by atoms with van der Waals surface area (Å²) in [5.74, 6) is 1.76. The van der Waals surface area contributed by atoms with Crippen molar-refractivity contribution in [1.82, 2.24) is 0 Å². The predicted molar refractivity (Wildman–Crippen MR) is 207 cm³/mol. The van der Waals surface area contributed by atoms with Crippen molar-refractivity contribution in [2.45, 2.75) is 110 Å². The zero-order valence-corrected chi connectivity index (χ0v) is 31.0. The second-order valence-electron chi connectivity index (χ2n) is 13.0. The highest BCUT2D eigenvalue weighted by Gasteiger charge is 2.29. The Labute approximate surface area is 297 Å². The maximum Gasteiger partial charge on any atom is 0.128 e. The van der Waals surface area contributed by atoms with Gasteiger partial charge < -0.3 is 19.3 Å². The molecule has 6 rings (SSSR count). The average molecular weight is 681 g/mol. The molecule has 0 radical (unpaired) electrons. The molecule has 0 aromatic heterocycles. The normalized spacial score (nSPS) is 13.1. The quantitative estimate of drug-likeness (QED) is 0.103. The Bertz CT molecular complexity index is 1550. The molecule has 0 saturated heterocycles. The smallest absolute Gasteiger partial charge is 0.128 e. The van der Waals surface area contributed by atoms with Crippen molar-refractivity contribution in [3.05, 3.63) is 72.8 Å². The number of rotatable bonds is 17. The van der Waals surface area contributed by atoms with Crippen LogP contribution in [0.2, 0.25) is 0 Å². The molecule has 0 bridgehead atoms. The molecule has 0 aliphatic carbocycles. The van der Waals surface area contributed by atoms with E-state index in [0.29, 0.717) is 0 Å². The van der Waals surface area contributed by atoms with Gasteiger partial charge in [-0.1, -0.05) is 126 Å². The highest BCUT2D eigenvalue weighted by Crippen LogP contribution is 2.55. The van der Waals surface area contributed by atoms with E-state index >= 15 is 0 Å². The Balaban J connectivity index is 1.34. The summed E-state index contributed by atoms with van der Waals surface area (Å²) in [6.45, 7) is 6.58. The topological polar surface area (TPSA) is 24.9 Å². The summed E-state index contributed by atoms with van der Waals surface area (Å²) in [5.41, 5.74) is 7.21. The van der Waals surface area contributed by atoms with Crippen molar-refractivity contribution in [2.24, 2.45) is 0 Å². The lowest BCUT2D eigenvalue weighted by Gasteiger charge is -2.35. The molecule has 6 heteroatoms. The maximum absolute atomic E-state index is 6.18. The van der Waals surface area contributed by atoms with Crippen molar-refractivity contribution in [2.75, 3.05) is 37.1 Å². The molecule has 0 unspecified atom stereocenters. The van der Waals surface area contributed by atoms with Crippen LogP contribution in [0.25, 0.3) is 11.1 Å². The van der Waals surface area contributed by atoms with Crippen molar-refractivity contribution in [3.63, 3.8) is 0 Å². The molecular weight excluding hydrogens is 629 g/mol. The van der Waals surface area contributed by atoms with Gasteiger partial charge in [-0.3, -0.25) is 0 Å². The van der Waals surface area contributed by atoms with Crippen LogP contribution in [0.4, 0.5) is 22.7 Å². The van der Waals surface area contributed by atoms with E-state index in [4.69, 9.17) is 9.47 Å². The summed E-state index contributed by atoms with van der Waals surface area (Å²) in [6, 6.07) is 26.9. The van der Waals surface area contributed by atoms with Crippen LogP contribution < -0.4 is 19.3 Å². The molecule has 0 N–H and O–H groups in total. The van der Waals surface area contributed by atoms with Gasteiger partial charge in [-0.2, -0.15) is 0 Å². The van der Waals surface area contributed by atoms with Crippen molar-refractivity contribution < 1.29 is 9.47 Å². The Kier molecular flexibility index (Phi) is 12.2. The highest BCUT2D eigenvalue weighted by molar-refractivity contribution is 8.00. The number of anilines is 4. The minimum Gasteiger partial charge on any atom is -0.496 e. The van der Waals surface area contributed by atoms with Gasteiger partial charge in [-0.25, -0.2) is 0 Å². The highest BCUT2D eigenvalue weighted by atomic mass is 32.2. The monoisotopic (exact) mass is 680 g/mol. The van der Waals surface area contributed by atoms with Gasteiger partial charge >= 0.3 is 0 Å². The molecule has 48 heavy (non-hydrogen) atoms. The molecule has 0 saturated carbocycles. The lowest BCUT2D eigenvalue weighted by atomic mass is 10.0. The summed E-state index contributed by atoms with van der Waals surface area (Å²) in [5, 5.41) is 0. The summed E-state index contributed by atoms with van der Waals surface area (Å²) in [6.07, 6.45) is 15.4. The summed E-state index contributed by atoms with van der Waals surface area (Å²) >= 11 is 3.72. The number of unbranched alkanes of at least 4 members (excludes halogenated alkanes) is 10. The van der Waals surface area contributed by atoms with Crippen molar-refractivity contribution in [1.29, 1.82) is 0 Å². The van der Waals surface area contributed by atoms with E-state index in [1.54, 1.807) is 14.2 Å². The lowest BCUT2D eigenvalue weighted by Crippen LogP contribution is -2.22.